The van der Waals surface area contributed by atoms with E-state index in [4.69, 9.17) is 5.73 Å². The maximum atomic E-state index is 5.77. The monoisotopic (exact) mass is 249 g/mol. The Bertz CT molecular complexity index is 535. The van der Waals surface area contributed by atoms with Gasteiger partial charge in [-0.05, 0) is 31.7 Å². The van der Waals surface area contributed by atoms with Gasteiger partial charge in [-0.15, -0.1) is 0 Å². The molecule has 0 saturated heterocycles. The molecule has 0 amide bonds. The number of nitrogens with zero attached hydrogens (tertiary/aromatic N) is 4. The van der Waals surface area contributed by atoms with Gasteiger partial charge in [0, 0.05) is 35.4 Å². The van der Waals surface area contributed by atoms with Crippen molar-refractivity contribution in [2.75, 3.05) is 0 Å². The molecule has 6 heteroatoms. The summed E-state index contributed by atoms with van der Waals surface area (Å²) in [4.78, 5) is 9.73. The van der Waals surface area contributed by atoms with Crippen molar-refractivity contribution < 1.29 is 0 Å². The van der Waals surface area contributed by atoms with Crippen LogP contribution in [0.25, 0.3) is 0 Å². The van der Waals surface area contributed by atoms with Crippen molar-refractivity contribution in [2.24, 2.45) is 12.8 Å². The van der Waals surface area contributed by atoms with Gasteiger partial charge >= 0.3 is 0 Å². The summed E-state index contributed by atoms with van der Waals surface area (Å²) in [6.45, 7) is 4.45. The zero-order chi connectivity index (χ0) is 12.4. The smallest absolute Gasteiger partial charge is 0.190 e. The number of pyridine rings is 1. The Morgan fingerprint density at radius 2 is 2.18 bits per heavy atom. The van der Waals surface area contributed by atoms with Gasteiger partial charge in [-0.25, -0.2) is 9.67 Å². The Labute approximate surface area is 104 Å². The first-order valence-electron chi connectivity index (χ1n) is 5.31. The van der Waals surface area contributed by atoms with Crippen molar-refractivity contribution in [1.29, 1.82) is 0 Å². The van der Waals surface area contributed by atoms with Gasteiger partial charge in [0.15, 0.2) is 5.16 Å². The Hall–Kier alpha value is -1.40. The molecule has 0 unspecified atom stereocenters. The standard InChI is InChI=1S/C11H15N5S/c1-7-4-10(9(5-12)8(2)15-7)17-11-13-6-14-16(11)3/h4,6H,5,12H2,1-3H3. The SMILES string of the molecule is Cc1cc(Sc2ncnn2C)c(CN)c(C)n1. The van der Waals surface area contributed by atoms with Gasteiger partial charge in [0.05, 0.1) is 0 Å². The highest BCUT2D eigenvalue weighted by Crippen LogP contribution is 2.30. The third-order valence-corrected chi connectivity index (χ3v) is 3.63. The lowest BCUT2D eigenvalue weighted by Gasteiger charge is -2.10. The van der Waals surface area contributed by atoms with E-state index >= 15 is 0 Å². The molecule has 0 spiro atoms. The van der Waals surface area contributed by atoms with Crippen LogP contribution in [0.5, 0.6) is 0 Å². The van der Waals surface area contributed by atoms with E-state index in [1.807, 2.05) is 27.0 Å². The van der Waals surface area contributed by atoms with Crippen LogP contribution in [0.4, 0.5) is 0 Å². The van der Waals surface area contributed by atoms with Crippen LogP contribution in [0.1, 0.15) is 17.0 Å². The van der Waals surface area contributed by atoms with E-state index in [-0.39, 0.29) is 0 Å². The molecule has 2 rings (SSSR count). The molecule has 0 aliphatic rings. The minimum Gasteiger partial charge on any atom is -0.326 e. The molecule has 0 saturated carbocycles. The summed E-state index contributed by atoms with van der Waals surface area (Å²) < 4.78 is 1.75. The van der Waals surface area contributed by atoms with Crippen LogP contribution < -0.4 is 5.73 Å². The van der Waals surface area contributed by atoms with E-state index in [1.165, 1.54) is 0 Å². The highest BCUT2D eigenvalue weighted by Gasteiger charge is 2.11. The molecule has 90 valence electrons. The molecule has 5 nitrogen and oxygen atoms in total. The number of rotatable bonds is 3. The molecule has 0 aliphatic carbocycles. The zero-order valence-electron chi connectivity index (χ0n) is 10.1. The van der Waals surface area contributed by atoms with Gasteiger partial charge in [-0.1, -0.05) is 0 Å². The number of aromatic nitrogens is 4. The zero-order valence-corrected chi connectivity index (χ0v) is 11.0. The van der Waals surface area contributed by atoms with Gasteiger partial charge in [-0.2, -0.15) is 5.10 Å². The van der Waals surface area contributed by atoms with Gasteiger partial charge in [0.25, 0.3) is 0 Å². The summed E-state index contributed by atoms with van der Waals surface area (Å²) in [7, 11) is 1.87. The topological polar surface area (TPSA) is 69.6 Å². The largest absolute Gasteiger partial charge is 0.326 e. The van der Waals surface area contributed by atoms with Crippen molar-refractivity contribution in [1.82, 2.24) is 19.7 Å². The van der Waals surface area contributed by atoms with Crippen molar-refractivity contribution in [3.8, 4) is 0 Å². The molecule has 0 aliphatic heterocycles. The van der Waals surface area contributed by atoms with Crippen LogP contribution in [0, 0.1) is 13.8 Å². The molecule has 17 heavy (non-hydrogen) atoms. The molecule has 0 atom stereocenters. The molecular formula is C11H15N5S. The Balaban J connectivity index is 2.41. The van der Waals surface area contributed by atoms with E-state index in [0.717, 1.165) is 27.0 Å². The summed E-state index contributed by atoms with van der Waals surface area (Å²) in [5, 5.41) is 4.90. The van der Waals surface area contributed by atoms with Gasteiger partial charge in [0.1, 0.15) is 6.33 Å². The number of hydrogen-bond donors (Lipinski definition) is 1. The summed E-state index contributed by atoms with van der Waals surface area (Å²) in [6.07, 6.45) is 1.55. The van der Waals surface area contributed by atoms with Crippen molar-refractivity contribution in [3.05, 3.63) is 29.3 Å². The second kappa shape index (κ2) is 4.85. The fraction of sp³-hybridized carbons (Fsp3) is 0.364. The fourth-order valence-electron chi connectivity index (χ4n) is 1.64. The van der Waals surface area contributed by atoms with Crippen LogP contribution in [0.2, 0.25) is 0 Å². The fourth-order valence-corrected chi connectivity index (χ4v) is 2.69. The Morgan fingerprint density at radius 1 is 1.41 bits per heavy atom. The molecule has 2 N–H and O–H groups in total. The van der Waals surface area contributed by atoms with Crippen molar-refractivity contribution in [2.45, 2.75) is 30.4 Å². The van der Waals surface area contributed by atoms with Crippen molar-refractivity contribution in [3.63, 3.8) is 0 Å². The molecule has 0 aromatic carbocycles. The molecular weight excluding hydrogens is 234 g/mol. The molecule has 2 aromatic rings. The number of aryl methyl sites for hydroxylation is 3. The lowest BCUT2D eigenvalue weighted by molar-refractivity contribution is 0.685. The number of hydrogen-bond acceptors (Lipinski definition) is 5. The minimum absolute atomic E-state index is 0.485. The first-order valence-corrected chi connectivity index (χ1v) is 6.12. The summed E-state index contributed by atoms with van der Waals surface area (Å²) in [5.74, 6) is 0. The van der Waals surface area contributed by atoms with E-state index in [0.29, 0.717) is 6.54 Å². The van der Waals surface area contributed by atoms with Crippen LogP contribution in [-0.4, -0.2) is 19.7 Å². The second-order valence-electron chi connectivity index (χ2n) is 3.80. The van der Waals surface area contributed by atoms with Crippen LogP contribution in [0.3, 0.4) is 0 Å². The van der Waals surface area contributed by atoms with Gasteiger partial charge in [0.2, 0.25) is 0 Å². The average Bonchev–Trinajstić information content (AvgIpc) is 2.64. The van der Waals surface area contributed by atoms with Gasteiger partial charge < -0.3 is 5.73 Å². The van der Waals surface area contributed by atoms with Crippen LogP contribution >= 0.6 is 11.8 Å². The first-order chi connectivity index (χ1) is 8.11. The Kier molecular flexibility index (Phi) is 3.44. The number of nitrogens with two attached hydrogens (primary N) is 1. The maximum absolute atomic E-state index is 5.77. The molecule has 2 aromatic heterocycles. The Morgan fingerprint density at radius 3 is 2.76 bits per heavy atom. The maximum Gasteiger partial charge on any atom is 0.190 e. The molecule has 0 radical (unpaired) electrons. The second-order valence-corrected chi connectivity index (χ2v) is 4.81. The normalized spacial score (nSPS) is 10.8. The third-order valence-electron chi connectivity index (χ3n) is 2.49. The summed E-state index contributed by atoms with van der Waals surface area (Å²) in [6, 6.07) is 2.04. The highest BCUT2D eigenvalue weighted by atomic mass is 32.2. The van der Waals surface area contributed by atoms with E-state index in [1.54, 1.807) is 22.8 Å². The quantitative estimate of drug-likeness (QED) is 0.891. The van der Waals surface area contributed by atoms with Gasteiger partial charge in [-0.3, -0.25) is 4.98 Å². The lowest BCUT2D eigenvalue weighted by atomic mass is 10.2. The molecule has 0 bridgehead atoms. The van der Waals surface area contributed by atoms with Crippen LogP contribution in [0.15, 0.2) is 22.4 Å². The highest BCUT2D eigenvalue weighted by molar-refractivity contribution is 7.99. The average molecular weight is 249 g/mol. The van der Waals surface area contributed by atoms with Crippen molar-refractivity contribution >= 4 is 11.8 Å². The lowest BCUT2D eigenvalue weighted by Crippen LogP contribution is -2.05. The van der Waals surface area contributed by atoms with E-state index < -0.39 is 0 Å². The summed E-state index contributed by atoms with van der Waals surface area (Å²) in [5.41, 5.74) is 8.82. The predicted octanol–water partition coefficient (Wildman–Crippen LogP) is 1.44. The predicted molar refractivity (Wildman–Crippen MR) is 66.7 cm³/mol. The molecule has 2 heterocycles. The first kappa shape index (κ1) is 12.1. The van der Waals surface area contributed by atoms with E-state index in [9.17, 15) is 0 Å². The minimum atomic E-state index is 0.485. The van der Waals surface area contributed by atoms with E-state index in [2.05, 4.69) is 15.1 Å². The van der Waals surface area contributed by atoms with Crippen LogP contribution in [-0.2, 0) is 13.6 Å². The summed E-state index contributed by atoms with van der Waals surface area (Å²) >= 11 is 1.57. The molecule has 0 fully saturated rings. The third kappa shape index (κ3) is 2.48.